The van der Waals surface area contributed by atoms with Gasteiger partial charge in [-0.15, -0.1) is 0 Å². The maximum Gasteiger partial charge on any atom is 0.256 e. The minimum Gasteiger partial charge on any atom is -0.393 e. The predicted octanol–water partition coefficient (Wildman–Crippen LogP) is 2.37. The third-order valence-corrected chi connectivity index (χ3v) is 3.36. The van der Waals surface area contributed by atoms with Gasteiger partial charge in [-0.25, -0.2) is 0 Å². The molecule has 0 saturated heterocycles. The molecule has 0 radical (unpaired) electrons. The Balaban J connectivity index is 2.32. The summed E-state index contributed by atoms with van der Waals surface area (Å²) in [6.07, 6.45) is 2.23. The Morgan fingerprint density at radius 2 is 2.10 bits per heavy atom. The van der Waals surface area contributed by atoms with Gasteiger partial charge in [0.25, 0.3) is 5.91 Å². The highest BCUT2D eigenvalue weighted by molar-refractivity contribution is 7.80. The summed E-state index contributed by atoms with van der Waals surface area (Å²) < 4.78 is 0. The maximum atomic E-state index is 12.6. The zero-order valence-electron chi connectivity index (χ0n) is 11.4. The van der Waals surface area contributed by atoms with Crippen molar-refractivity contribution in [2.75, 3.05) is 13.1 Å². The normalized spacial score (nSPS) is 10.4. The summed E-state index contributed by atoms with van der Waals surface area (Å²) in [5.74, 6) is -0.0342. The summed E-state index contributed by atoms with van der Waals surface area (Å²) in [5, 5.41) is 0.962. The molecular formula is C15H17N3OS. The number of hydrogen-bond donors (Lipinski definition) is 1. The standard InChI is InChI=1S/C15H17N3OS/c1-2-18(10-8-13(16)20)15(19)12-7-3-5-11-6-4-9-17-14(11)12/h3-7,9H,2,8,10H2,1H3,(H2,16,20). The van der Waals surface area contributed by atoms with E-state index in [0.29, 0.717) is 30.1 Å². The molecule has 2 rings (SSSR count). The van der Waals surface area contributed by atoms with Crippen LogP contribution in [0.1, 0.15) is 23.7 Å². The van der Waals surface area contributed by atoms with Crippen LogP contribution in [-0.2, 0) is 0 Å². The van der Waals surface area contributed by atoms with Crippen LogP contribution in [0.25, 0.3) is 10.9 Å². The average molecular weight is 287 g/mol. The molecule has 0 aliphatic heterocycles. The molecule has 2 N–H and O–H groups in total. The van der Waals surface area contributed by atoms with E-state index in [4.69, 9.17) is 18.0 Å². The van der Waals surface area contributed by atoms with Gasteiger partial charge in [-0.05, 0) is 19.1 Å². The highest BCUT2D eigenvalue weighted by atomic mass is 32.1. The van der Waals surface area contributed by atoms with Crippen molar-refractivity contribution in [2.45, 2.75) is 13.3 Å². The fourth-order valence-electron chi connectivity index (χ4n) is 2.10. The minimum atomic E-state index is -0.0342. The molecule has 0 saturated carbocycles. The van der Waals surface area contributed by atoms with Crippen molar-refractivity contribution in [1.82, 2.24) is 9.88 Å². The lowest BCUT2D eigenvalue weighted by Crippen LogP contribution is -2.33. The summed E-state index contributed by atoms with van der Waals surface area (Å²) in [6, 6.07) is 9.44. The Morgan fingerprint density at radius 3 is 2.80 bits per heavy atom. The van der Waals surface area contributed by atoms with E-state index in [-0.39, 0.29) is 5.91 Å². The van der Waals surface area contributed by atoms with Crippen LogP contribution < -0.4 is 5.73 Å². The first-order chi connectivity index (χ1) is 9.63. The molecule has 1 aromatic carbocycles. The van der Waals surface area contributed by atoms with Crippen LogP contribution >= 0.6 is 12.2 Å². The Bertz CT molecular complexity index is 637. The summed E-state index contributed by atoms with van der Waals surface area (Å²) in [5.41, 5.74) is 6.85. The molecule has 0 unspecified atom stereocenters. The quantitative estimate of drug-likeness (QED) is 0.858. The average Bonchev–Trinajstić information content (AvgIpc) is 2.46. The molecule has 20 heavy (non-hydrogen) atoms. The second kappa shape index (κ2) is 6.43. The molecule has 1 amide bonds. The lowest BCUT2D eigenvalue weighted by Gasteiger charge is -2.21. The molecule has 0 fully saturated rings. The smallest absolute Gasteiger partial charge is 0.256 e. The largest absolute Gasteiger partial charge is 0.393 e. The van der Waals surface area contributed by atoms with E-state index in [1.165, 1.54) is 0 Å². The molecule has 104 valence electrons. The number of rotatable bonds is 5. The number of benzene rings is 1. The molecular weight excluding hydrogens is 270 g/mol. The summed E-state index contributed by atoms with van der Waals surface area (Å²) in [4.78, 5) is 19.1. The van der Waals surface area contributed by atoms with Crippen LogP contribution in [0, 0.1) is 0 Å². The number of amides is 1. The van der Waals surface area contributed by atoms with Crippen molar-refractivity contribution in [3.05, 3.63) is 42.1 Å². The van der Waals surface area contributed by atoms with Gasteiger partial charge in [-0.2, -0.15) is 0 Å². The Morgan fingerprint density at radius 1 is 1.35 bits per heavy atom. The van der Waals surface area contributed by atoms with Crippen LogP contribution in [0.4, 0.5) is 0 Å². The number of fused-ring (bicyclic) bond motifs is 1. The highest BCUT2D eigenvalue weighted by Crippen LogP contribution is 2.17. The first-order valence-corrected chi connectivity index (χ1v) is 6.95. The van der Waals surface area contributed by atoms with E-state index in [1.54, 1.807) is 17.2 Å². The molecule has 0 aliphatic rings. The number of pyridine rings is 1. The number of hydrogen-bond acceptors (Lipinski definition) is 3. The van der Waals surface area contributed by atoms with E-state index >= 15 is 0 Å². The fourth-order valence-corrected chi connectivity index (χ4v) is 2.19. The van der Waals surface area contributed by atoms with Crippen molar-refractivity contribution < 1.29 is 4.79 Å². The molecule has 1 heterocycles. The van der Waals surface area contributed by atoms with Gasteiger partial charge in [0.15, 0.2) is 0 Å². The van der Waals surface area contributed by atoms with E-state index in [2.05, 4.69) is 4.98 Å². The van der Waals surface area contributed by atoms with Gasteiger partial charge in [0.05, 0.1) is 16.1 Å². The van der Waals surface area contributed by atoms with Crippen molar-refractivity contribution in [3.63, 3.8) is 0 Å². The molecule has 0 spiro atoms. The van der Waals surface area contributed by atoms with E-state index in [1.807, 2.05) is 31.2 Å². The van der Waals surface area contributed by atoms with Gasteiger partial charge in [-0.3, -0.25) is 9.78 Å². The number of carbonyl (C=O) groups excluding carboxylic acids is 1. The molecule has 5 heteroatoms. The first-order valence-electron chi connectivity index (χ1n) is 6.54. The van der Waals surface area contributed by atoms with E-state index in [9.17, 15) is 4.79 Å². The summed E-state index contributed by atoms with van der Waals surface area (Å²) in [7, 11) is 0. The van der Waals surface area contributed by atoms with Crippen LogP contribution in [0.3, 0.4) is 0 Å². The third-order valence-electron chi connectivity index (χ3n) is 3.16. The maximum absolute atomic E-state index is 12.6. The lowest BCUT2D eigenvalue weighted by atomic mass is 10.1. The van der Waals surface area contributed by atoms with Crippen molar-refractivity contribution in [3.8, 4) is 0 Å². The van der Waals surface area contributed by atoms with Gasteiger partial charge in [0, 0.05) is 31.1 Å². The molecule has 1 aromatic heterocycles. The Hall–Kier alpha value is -2.01. The second-order valence-electron chi connectivity index (χ2n) is 4.48. The number of aromatic nitrogens is 1. The van der Waals surface area contributed by atoms with Crippen LogP contribution in [-0.4, -0.2) is 33.9 Å². The van der Waals surface area contributed by atoms with Crippen molar-refractivity contribution >= 4 is 34.0 Å². The Labute approximate surface area is 123 Å². The van der Waals surface area contributed by atoms with Crippen LogP contribution in [0.15, 0.2) is 36.5 Å². The van der Waals surface area contributed by atoms with E-state index in [0.717, 1.165) is 10.9 Å². The molecule has 0 atom stereocenters. The van der Waals surface area contributed by atoms with E-state index < -0.39 is 0 Å². The zero-order chi connectivity index (χ0) is 14.5. The van der Waals surface area contributed by atoms with Crippen molar-refractivity contribution in [1.29, 1.82) is 0 Å². The number of para-hydroxylation sites is 1. The molecule has 4 nitrogen and oxygen atoms in total. The fraction of sp³-hybridized carbons (Fsp3) is 0.267. The summed E-state index contributed by atoms with van der Waals surface area (Å²) in [6.45, 7) is 3.09. The SMILES string of the molecule is CCN(CCC(N)=S)C(=O)c1cccc2cccnc12. The second-order valence-corrected chi connectivity index (χ2v) is 5.01. The number of thiocarbonyl (C=S) groups is 1. The van der Waals surface area contributed by atoms with Gasteiger partial charge >= 0.3 is 0 Å². The minimum absolute atomic E-state index is 0.0342. The van der Waals surface area contributed by atoms with Crippen LogP contribution in [0.5, 0.6) is 0 Å². The number of nitrogens with two attached hydrogens (primary N) is 1. The number of nitrogens with zero attached hydrogens (tertiary/aromatic N) is 2. The number of carbonyl (C=O) groups is 1. The monoisotopic (exact) mass is 287 g/mol. The van der Waals surface area contributed by atoms with Crippen molar-refractivity contribution in [2.24, 2.45) is 5.73 Å². The van der Waals surface area contributed by atoms with Gasteiger partial charge in [-0.1, -0.05) is 30.4 Å². The third kappa shape index (κ3) is 3.11. The van der Waals surface area contributed by atoms with Crippen LogP contribution in [0.2, 0.25) is 0 Å². The molecule has 0 aliphatic carbocycles. The lowest BCUT2D eigenvalue weighted by molar-refractivity contribution is 0.0770. The molecule has 2 aromatic rings. The highest BCUT2D eigenvalue weighted by Gasteiger charge is 2.17. The predicted molar refractivity (Wildman–Crippen MR) is 84.7 cm³/mol. The molecule has 0 bridgehead atoms. The zero-order valence-corrected chi connectivity index (χ0v) is 12.2. The van der Waals surface area contributed by atoms with Gasteiger partial charge in [0.2, 0.25) is 0 Å². The topological polar surface area (TPSA) is 59.2 Å². The van der Waals surface area contributed by atoms with Gasteiger partial charge < -0.3 is 10.6 Å². The first kappa shape index (κ1) is 14.4. The van der Waals surface area contributed by atoms with Gasteiger partial charge in [0.1, 0.15) is 0 Å². The summed E-state index contributed by atoms with van der Waals surface area (Å²) >= 11 is 4.87. The Kier molecular flexibility index (Phi) is 4.63.